The van der Waals surface area contributed by atoms with Crippen LogP contribution in [-0.4, -0.2) is 30.7 Å². The maximum absolute atomic E-state index is 11.8. The third-order valence-electron chi connectivity index (χ3n) is 2.51. The first-order valence-electron chi connectivity index (χ1n) is 5.79. The second kappa shape index (κ2) is 4.99. The number of nitrogens with one attached hydrogen (secondary N) is 1. The SMILES string of the molecule is CCCc1cc(=O)n2[nH]c(CCC(=O)O)nc2n1. The smallest absolute Gasteiger partial charge is 0.303 e. The number of nitrogens with zero attached hydrogens (tertiary/aromatic N) is 3. The fourth-order valence-electron chi connectivity index (χ4n) is 1.69. The fraction of sp³-hybridized carbons (Fsp3) is 0.455. The van der Waals surface area contributed by atoms with Crippen LogP contribution in [0.2, 0.25) is 0 Å². The number of hydrogen-bond donors (Lipinski definition) is 2. The molecule has 0 spiro atoms. The average Bonchev–Trinajstić information content (AvgIpc) is 2.70. The minimum absolute atomic E-state index is 0.0314. The summed E-state index contributed by atoms with van der Waals surface area (Å²) in [6, 6.07) is 1.47. The van der Waals surface area contributed by atoms with Gasteiger partial charge in [-0.15, -0.1) is 0 Å². The van der Waals surface area contributed by atoms with E-state index in [-0.39, 0.29) is 18.4 Å². The van der Waals surface area contributed by atoms with Gasteiger partial charge in [0.15, 0.2) is 0 Å². The van der Waals surface area contributed by atoms with Gasteiger partial charge >= 0.3 is 5.97 Å². The minimum Gasteiger partial charge on any atom is -0.481 e. The monoisotopic (exact) mass is 250 g/mol. The van der Waals surface area contributed by atoms with Gasteiger partial charge in [-0.05, 0) is 6.42 Å². The van der Waals surface area contributed by atoms with Crippen LogP contribution in [0.1, 0.15) is 31.3 Å². The van der Waals surface area contributed by atoms with E-state index >= 15 is 0 Å². The highest BCUT2D eigenvalue weighted by atomic mass is 16.4. The van der Waals surface area contributed by atoms with E-state index in [2.05, 4.69) is 15.1 Å². The Balaban J connectivity index is 2.35. The summed E-state index contributed by atoms with van der Waals surface area (Å²) in [6.45, 7) is 2.01. The van der Waals surface area contributed by atoms with Crippen molar-refractivity contribution in [3.8, 4) is 0 Å². The molecule has 0 radical (unpaired) electrons. The van der Waals surface area contributed by atoms with E-state index < -0.39 is 5.97 Å². The van der Waals surface area contributed by atoms with Crippen LogP contribution >= 0.6 is 0 Å². The Bertz CT molecular complexity index is 629. The molecule has 2 aromatic heterocycles. The molecule has 7 nitrogen and oxygen atoms in total. The van der Waals surface area contributed by atoms with Crippen molar-refractivity contribution >= 4 is 11.7 Å². The Kier molecular flexibility index (Phi) is 3.40. The van der Waals surface area contributed by atoms with Crippen LogP contribution in [0.5, 0.6) is 0 Å². The third-order valence-corrected chi connectivity index (χ3v) is 2.51. The quantitative estimate of drug-likeness (QED) is 0.799. The van der Waals surface area contributed by atoms with E-state index in [9.17, 15) is 9.59 Å². The van der Waals surface area contributed by atoms with Gasteiger partial charge in [0.25, 0.3) is 11.3 Å². The lowest BCUT2D eigenvalue weighted by Crippen LogP contribution is -2.15. The standard InChI is InChI=1S/C11H14N4O3/c1-2-3-7-6-9(16)15-11(12-7)13-8(14-15)4-5-10(17)18/h6H,2-5H2,1H3,(H,17,18)(H,12,13,14). The first kappa shape index (κ1) is 12.3. The van der Waals surface area contributed by atoms with Crippen LogP contribution in [0.4, 0.5) is 0 Å². The maximum Gasteiger partial charge on any atom is 0.303 e. The van der Waals surface area contributed by atoms with Crippen LogP contribution in [0.25, 0.3) is 5.78 Å². The Morgan fingerprint density at radius 2 is 2.22 bits per heavy atom. The minimum atomic E-state index is -0.901. The molecule has 2 rings (SSSR count). The van der Waals surface area contributed by atoms with E-state index in [4.69, 9.17) is 5.11 Å². The molecule has 0 unspecified atom stereocenters. The predicted octanol–water partition coefficient (Wildman–Crippen LogP) is 0.387. The number of carboxylic acids is 1. The van der Waals surface area contributed by atoms with Crippen LogP contribution in [-0.2, 0) is 17.6 Å². The summed E-state index contributed by atoms with van der Waals surface area (Å²) >= 11 is 0. The van der Waals surface area contributed by atoms with E-state index in [1.54, 1.807) is 0 Å². The summed E-state index contributed by atoms with van der Waals surface area (Å²) in [6.07, 6.45) is 1.85. The molecule has 0 fully saturated rings. The number of aryl methyl sites for hydroxylation is 2. The van der Waals surface area contributed by atoms with Crippen molar-refractivity contribution in [3.05, 3.63) is 27.9 Å². The van der Waals surface area contributed by atoms with Crippen molar-refractivity contribution in [2.24, 2.45) is 0 Å². The molecule has 0 aromatic carbocycles. The molecule has 0 saturated carbocycles. The molecule has 0 aliphatic carbocycles. The van der Waals surface area contributed by atoms with Gasteiger partial charge in [0.2, 0.25) is 0 Å². The number of fused-ring (bicyclic) bond motifs is 1. The van der Waals surface area contributed by atoms with E-state index in [1.165, 1.54) is 10.6 Å². The number of rotatable bonds is 5. The average molecular weight is 250 g/mol. The number of hydrogen-bond acceptors (Lipinski definition) is 4. The number of aliphatic carboxylic acids is 1. The third kappa shape index (κ3) is 2.55. The number of H-pyrrole nitrogens is 1. The van der Waals surface area contributed by atoms with Crippen molar-refractivity contribution in [3.63, 3.8) is 0 Å². The van der Waals surface area contributed by atoms with Gasteiger partial charge in [-0.2, -0.15) is 9.50 Å². The molecule has 0 saturated heterocycles. The van der Waals surface area contributed by atoms with Gasteiger partial charge < -0.3 is 5.11 Å². The maximum atomic E-state index is 11.8. The first-order chi connectivity index (χ1) is 8.60. The van der Waals surface area contributed by atoms with E-state index in [0.29, 0.717) is 17.3 Å². The summed E-state index contributed by atoms with van der Waals surface area (Å²) in [5.41, 5.74) is 0.483. The lowest BCUT2D eigenvalue weighted by atomic mass is 10.2. The largest absolute Gasteiger partial charge is 0.481 e. The van der Waals surface area contributed by atoms with Gasteiger partial charge in [0.05, 0.1) is 12.1 Å². The van der Waals surface area contributed by atoms with Crippen molar-refractivity contribution in [2.75, 3.05) is 0 Å². The zero-order valence-electron chi connectivity index (χ0n) is 10.0. The number of aromatic amines is 1. The Morgan fingerprint density at radius 3 is 2.89 bits per heavy atom. The van der Waals surface area contributed by atoms with Crippen LogP contribution in [0, 0.1) is 0 Å². The normalized spacial score (nSPS) is 10.9. The summed E-state index contributed by atoms with van der Waals surface area (Å²) in [7, 11) is 0. The molecule has 7 heteroatoms. The highest BCUT2D eigenvalue weighted by Crippen LogP contribution is 2.02. The second-order valence-electron chi connectivity index (χ2n) is 4.04. The summed E-state index contributed by atoms with van der Waals surface area (Å²) < 4.78 is 1.23. The van der Waals surface area contributed by atoms with Gasteiger partial charge in [-0.1, -0.05) is 13.3 Å². The first-order valence-corrected chi connectivity index (χ1v) is 5.79. The molecule has 0 aliphatic rings. The van der Waals surface area contributed by atoms with Gasteiger partial charge in [0.1, 0.15) is 5.82 Å². The van der Waals surface area contributed by atoms with E-state index in [1.807, 2.05) is 6.92 Å². The van der Waals surface area contributed by atoms with Crippen LogP contribution < -0.4 is 5.56 Å². The lowest BCUT2D eigenvalue weighted by Gasteiger charge is -1.96. The molecule has 2 heterocycles. The van der Waals surface area contributed by atoms with Gasteiger partial charge in [-0.25, -0.2) is 4.98 Å². The number of aromatic nitrogens is 4. The van der Waals surface area contributed by atoms with Crippen molar-refractivity contribution in [1.29, 1.82) is 0 Å². The molecule has 2 N–H and O–H groups in total. The molecule has 0 amide bonds. The highest BCUT2D eigenvalue weighted by molar-refractivity contribution is 5.66. The molecular weight excluding hydrogens is 236 g/mol. The van der Waals surface area contributed by atoms with Gasteiger partial charge in [0, 0.05) is 12.5 Å². The summed E-state index contributed by atoms with van der Waals surface area (Å²) in [4.78, 5) is 30.6. The van der Waals surface area contributed by atoms with Crippen LogP contribution in [0.3, 0.4) is 0 Å². The highest BCUT2D eigenvalue weighted by Gasteiger charge is 2.08. The molecule has 96 valence electrons. The number of carboxylic acid groups (broad SMARTS) is 1. The van der Waals surface area contributed by atoms with Crippen LogP contribution in [0.15, 0.2) is 10.9 Å². The molecule has 0 atom stereocenters. The Hall–Kier alpha value is -2.18. The Morgan fingerprint density at radius 1 is 1.44 bits per heavy atom. The predicted molar refractivity (Wildman–Crippen MR) is 63.6 cm³/mol. The zero-order chi connectivity index (χ0) is 13.1. The van der Waals surface area contributed by atoms with E-state index in [0.717, 1.165) is 12.8 Å². The fourth-order valence-corrected chi connectivity index (χ4v) is 1.69. The van der Waals surface area contributed by atoms with Gasteiger partial charge in [-0.3, -0.25) is 14.7 Å². The summed E-state index contributed by atoms with van der Waals surface area (Å²) in [5, 5.41) is 11.3. The topological polar surface area (TPSA) is 100 Å². The zero-order valence-corrected chi connectivity index (χ0v) is 10.0. The second-order valence-corrected chi connectivity index (χ2v) is 4.04. The lowest BCUT2D eigenvalue weighted by molar-refractivity contribution is -0.137. The number of carbonyl (C=O) groups is 1. The van der Waals surface area contributed by atoms with Crippen molar-refractivity contribution < 1.29 is 9.90 Å². The Labute approximate surface area is 102 Å². The molecule has 18 heavy (non-hydrogen) atoms. The molecule has 0 aliphatic heterocycles. The van der Waals surface area contributed by atoms with Crippen molar-refractivity contribution in [2.45, 2.75) is 32.6 Å². The molecular formula is C11H14N4O3. The summed E-state index contributed by atoms with van der Waals surface area (Å²) in [5.74, 6) is -0.149. The van der Waals surface area contributed by atoms with Crippen molar-refractivity contribution in [1.82, 2.24) is 19.6 Å². The molecule has 0 bridgehead atoms. The molecule has 2 aromatic rings.